The summed E-state index contributed by atoms with van der Waals surface area (Å²) in [6.07, 6.45) is 2.83. The second-order valence-electron chi connectivity index (χ2n) is 8.60. The Labute approximate surface area is 204 Å². The van der Waals surface area contributed by atoms with Gasteiger partial charge in [-0.2, -0.15) is 0 Å². The molecule has 1 aliphatic rings. The van der Waals surface area contributed by atoms with Crippen molar-refractivity contribution < 1.29 is 14.3 Å². The van der Waals surface area contributed by atoms with E-state index >= 15 is 0 Å². The second-order valence-corrected chi connectivity index (χ2v) is 9.71. The lowest BCUT2D eigenvalue weighted by molar-refractivity contribution is -0.115. The van der Waals surface area contributed by atoms with Crippen LogP contribution in [0.1, 0.15) is 46.6 Å². The fraction of sp³-hybridized carbons (Fsp3) is 0.333. The molecule has 2 amide bonds. The first-order valence-corrected chi connectivity index (χ1v) is 12.6. The fourth-order valence-corrected chi connectivity index (χ4v) is 5.59. The van der Waals surface area contributed by atoms with Crippen molar-refractivity contribution in [2.75, 3.05) is 23.8 Å². The first kappa shape index (κ1) is 24.0. The molecule has 1 heterocycles. The van der Waals surface area contributed by atoms with Crippen LogP contribution in [0.15, 0.2) is 54.6 Å². The van der Waals surface area contributed by atoms with E-state index in [1.165, 1.54) is 16.2 Å². The zero-order valence-corrected chi connectivity index (χ0v) is 20.5. The summed E-state index contributed by atoms with van der Waals surface area (Å²) in [5, 5.41) is 9.80. The summed E-state index contributed by atoms with van der Waals surface area (Å²) >= 11 is 1.53. The number of carbonyl (C=O) groups is 2. The van der Waals surface area contributed by atoms with E-state index in [1.807, 2.05) is 61.5 Å². The lowest BCUT2D eigenvalue weighted by Gasteiger charge is -2.18. The van der Waals surface area contributed by atoms with E-state index in [0.717, 1.165) is 36.1 Å². The average Bonchev–Trinajstić information content (AvgIpc) is 3.18. The number of thiophene rings is 1. The first-order chi connectivity index (χ1) is 16.5. The van der Waals surface area contributed by atoms with E-state index in [-0.39, 0.29) is 18.4 Å². The van der Waals surface area contributed by atoms with E-state index in [1.54, 1.807) is 0 Å². The van der Waals surface area contributed by atoms with Crippen LogP contribution in [-0.2, 0) is 24.2 Å². The van der Waals surface area contributed by atoms with Crippen LogP contribution in [0.3, 0.4) is 0 Å². The number of carbonyl (C=O) groups excluding carboxylic acids is 2. The smallest absolute Gasteiger partial charge is 0.258 e. The topological polar surface area (TPSA) is 79.5 Å². The molecule has 0 fully saturated rings. The molecule has 4 rings (SSSR count). The molecule has 2 aromatic carbocycles. The number of hydrogen-bond donors (Lipinski definition) is 3. The van der Waals surface area contributed by atoms with E-state index in [0.29, 0.717) is 35.3 Å². The van der Waals surface area contributed by atoms with Gasteiger partial charge in [0.2, 0.25) is 5.91 Å². The van der Waals surface area contributed by atoms with Gasteiger partial charge in [-0.05, 0) is 67.5 Å². The predicted octanol–water partition coefficient (Wildman–Crippen LogP) is 5.25. The number of benzene rings is 2. The minimum absolute atomic E-state index is 0.155. The number of hydrogen-bond acceptors (Lipinski definition) is 5. The summed E-state index contributed by atoms with van der Waals surface area (Å²) in [7, 11) is 0. The molecule has 0 saturated carbocycles. The quantitative estimate of drug-likeness (QED) is 0.393. The minimum Gasteiger partial charge on any atom is -0.494 e. The van der Waals surface area contributed by atoms with Crippen molar-refractivity contribution in [3.8, 4) is 5.75 Å². The largest absolute Gasteiger partial charge is 0.494 e. The van der Waals surface area contributed by atoms with Crippen molar-refractivity contribution in [2.45, 2.75) is 39.7 Å². The number of rotatable bonds is 9. The SMILES string of the molecule is CCOc1ccc(NC(=O)c2c(NC(=O)CNCc3ccccc3)sc3c2CC[C@@H](C)C3)cc1. The molecule has 0 saturated heterocycles. The van der Waals surface area contributed by atoms with E-state index < -0.39 is 0 Å². The molecule has 7 heteroatoms. The van der Waals surface area contributed by atoms with Gasteiger partial charge in [0.05, 0.1) is 18.7 Å². The maximum Gasteiger partial charge on any atom is 0.258 e. The second kappa shape index (κ2) is 11.3. The number of amides is 2. The highest BCUT2D eigenvalue weighted by Gasteiger charge is 2.28. The maximum atomic E-state index is 13.3. The molecule has 1 aromatic heterocycles. The van der Waals surface area contributed by atoms with Crippen LogP contribution in [0.4, 0.5) is 10.7 Å². The zero-order valence-electron chi connectivity index (χ0n) is 19.6. The van der Waals surface area contributed by atoms with Crippen LogP contribution >= 0.6 is 11.3 Å². The number of fused-ring (bicyclic) bond motifs is 1. The van der Waals surface area contributed by atoms with Gasteiger partial charge in [0.25, 0.3) is 5.91 Å². The van der Waals surface area contributed by atoms with Gasteiger partial charge < -0.3 is 20.7 Å². The lowest BCUT2D eigenvalue weighted by atomic mass is 9.88. The third-order valence-electron chi connectivity index (χ3n) is 5.87. The van der Waals surface area contributed by atoms with Crippen LogP contribution in [0.25, 0.3) is 0 Å². The Bertz CT molecular complexity index is 1130. The molecule has 178 valence electrons. The molecule has 3 aromatic rings. The van der Waals surface area contributed by atoms with Crippen molar-refractivity contribution >= 4 is 33.8 Å². The van der Waals surface area contributed by atoms with Gasteiger partial charge >= 0.3 is 0 Å². The van der Waals surface area contributed by atoms with Gasteiger partial charge in [-0.15, -0.1) is 11.3 Å². The third kappa shape index (κ3) is 6.04. The average molecular weight is 478 g/mol. The van der Waals surface area contributed by atoms with Gasteiger partial charge in [-0.3, -0.25) is 9.59 Å². The molecule has 0 unspecified atom stereocenters. The summed E-state index contributed by atoms with van der Waals surface area (Å²) in [6, 6.07) is 17.3. The van der Waals surface area contributed by atoms with E-state index in [9.17, 15) is 9.59 Å². The van der Waals surface area contributed by atoms with Gasteiger partial charge in [-0.25, -0.2) is 0 Å². The van der Waals surface area contributed by atoms with Crippen LogP contribution in [0, 0.1) is 5.92 Å². The highest BCUT2D eigenvalue weighted by molar-refractivity contribution is 7.17. The van der Waals surface area contributed by atoms with Gasteiger partial charge in [-0.1, -0.05) is 37.3 Å². The van der Waals surface area contributed by atoms with Crippen molar-refractivity contribution in [3.63, 3.8) is 0 Å². The highest BCUT2D eigenvalue weighted by Crippen LogP contribution is 2.40. The molecule has 0 radical (unpaired) electrons. The van der Waals surface area contributed by atoms with Gasteiger partial charge in [0, 0.05) is 17.1 Å². The number of anilines is 2. The van der Waals surface area contributed by atoms with Crippen LogP contribution < -0.4 is 20.7 Å². The fourth-order valence-electron chi connectivity index (χ4n) is 4.16. The van der Waals surface area contributed by atoms with E-state index in [4.69, 9.17) is 4.74 Å². The molecule has 1 aliphatic carbocycles. The Morgan fingerprint density at radius 2 is 1.82 bits per heavy atom. The van der Waals surface area contributed by atoms with Gasteiger partial charge in [0.1, 0.15) is 10.8 Å². The van der Waals surface area contributed by atoms with Crippen molar-refractivity contribution in [1.29, 1.82) is 0 Å². The maximum absolute atomic E-state index is 13.3. The summed E-state index contributed by atoms with van der Waals surface area (Å²) in [4.78, 5) is 27.2. The molecular weight excluding hydrogens is 446 g/mol. The molecule has 0 spiro atoms. The Hall–Kier alpha value is -3.16. The number of nitrogens with one attached hydrogen (secondary N) is 3. The highest BCUT2D eigenvalue weighted by atomic mass is 32.1. The van der Waals surface area contributed by atoms with Crippen molar-refractivity contribution in [2.24, 2.45) is 5.92 Å². The Kier molecular flexibility index (Phi) is 7.98. The molecule has 34 heavy (non-hydrogen) atoms. The van der Waals surface area contributed by atoms with Crippen LogP contribution in [0.2, 0.25) is 0 Å². The third-order valence-corrected chi connectivity index (χ3v) is 7.04. The molecule has 0 bridgehead atoms. The minimum atomic E-state index is -0.191. The van der Waals surface area contributed by atoms with Crippen molar-refractivity contribution in [3.05, 3.63) is 76.2 Å². The lowest BCUT2D eigenvalue weighted by Crippen LogP contribution is -2.28. The summed E-state index contributed by atoms with van der Waals surface area (Å²) in [5.41, 5.74) is 3.47. The Morgan fingerprint density at radius 1 is 1.06 bits per heavy atom. The number of ether oxygens (including phenoxy) is 1. The monoisotopic (exact) mass is 477 g/mol. The molecule has 0 aliphatic heterocycles. The predicted molar refractivity (Wildman–Crippen MR) is 138 cm³/mol. The van der Waals surface area contributed by atoms with Crippen LogP contribution in [0.5, 0.6) is 5.75 Å². The first-order valence-electron chi connectivity index (χ1n) is 11.8. The molecule has 6 nitrogen and oxygen atoms in total. The van der Waals surface area contributed by atoms with Gasteiger partial charge in [0.15, 0.2) is 0 Å². The normalized spacial score (nSPS) is 14.8. The zero-order chi connectivity index (χ0) is 23.9. The summed E-state index contributed by atoms with van der Waals surface area (Å²) in [6.45, 7) is 5.54. The Balaban J connectivity index is 1.47. The molecular formula is C27H31N3O3S. The van der Waals surface area contributed by atoms with Crippen molar-refractivity contribution in [1.82, 2.24) is 5.32 Å². The Morgan fingerprint density at radius 3 is 2.56 bits per heavy atom. The molecule has 3 N–H and O–H groups in total. The van der Waals surface area contributed by atoms with Crippen LogP contribution in [-0.4, -0.2) is 25.0 Å². The molecule has 1 atom stereocenters. The standard InChI is InChI=1S/C27H31N3O3S/c1-3-33-21-12-10-20(11-13-21)29-26(32)25-22-14-9-18(2)15-23(22)34-27(25)30-24(31)17-28-16-19-7-5-4-6-8-19/h4-8,10-13,18,28H,3,9,14-17H2,1-2H3,(H,29,32)(H,30,31)/t18-/m1/s1. The summed E-state index contributed by atoms with van der Waals surface area (Å²) < 4.78 is 5.48. The van der Waals surface area contributed by atoms with E-state index in [2.05, 4.69) is 22.9 Å². The summed E-state index contributed by atoms with van der Waals surface area (Å²) in [5.74, 6) is 0.990.